The predicted octanol–water partition coefficient (Wildman–Crippen LogP) is 6.16. The summed E-state index contributed by atoms with van der Waals surface area (Å²) in [4.78, 5) is 90.7. The highest BCUT2D eigenvalue weighted by Gasteiger charge is 2.61. The lowest BCUT2D eigenvalue weighted by atomic mass is 9.76. The van der Waals surface area contributed by atoms with E-state index >= 15 is 4.79 Å². The van der Waals surface area contributed by atoms with Crippen LogP contribution in [0, 0.1) is 59.2 Å². The molecule has 22 atom stereocenters. The number of methoxy groups -OCH3 is 1. The molecule has 7 N–H and O–H groups in total. The Morgan fingerprint density at radius 2 is 1.66 bits per heavy atom. The third-order valence-electron chi connectivity index (χ3n) is 21.2. The molecule has 0 unspecified atom stereocenters. The zero-order valence-electron chi connectivity index (χ0n) is 52.6. The summed E-state index contributed by atoms with van der Waals surface area (Å²) in [6, 6.07) is -1.94. The number of hydrogen-bond acceptors (Lipinski definition) is 17. The number of cyclic esters (lactones) is 1. The molecule has 8 aliphatic rings. The topological polar surface area (TPSA) is 273 Å². The number of rotatable bonds is 13. The van der Waals surface area contributed by atoms with Crippen molar-refractivity contribution in [3.8, 4) is 0 Å². The number of nitrogens with one attached hydrogen (secondary N) is 1. The number of piperidine rings is 1. The number of ether oxygens (including phenoxy) is 3. The Kier molecular flexibility index (Phi) is 21.9. The van der Waals surface area contributed by atoms with Gasteiger partial charge in [-0.15, -0.1) is 11.8 Å². The minimum Gasteiger partial charge on any atom is -0.477 e. The molecule has 478 valence electrons. The number of aliphatic hydroxyl groups excluding tert-OH is 4. The lowest BCUT2D eigenvalue weighted by molar-refractivity contribution is -0.282. The minimum atomic E-state index is -2.43. The third-order valence-corrected chi connectivity index (χ3v) is 22.7. The summed E-state index contributed by atoms with van der Waals surface area (Å²) in [6.45, 7) is 23.2. The number of carboxylic acids is 1. The number of aliphatic hydroxyl groups is 5. The molecular weight excluding hydrogens is 1110 g/mol. The highest BCUT2D eigenvalue weighted by Crippen LogP contribution is 2.53. The number of likely N-dealkylation sites (tertiary alicyclic amines) is 1. The average Bonchev–Trinajstić information content (AvgIpc) is 1.60. The van der Waals surface area contributed by atoms with Crippen LogP contribution in [-0.4, -0.2) is 191 Å². The molecule has 0 aromatic carbocycles. The molecule has 7 aliphatic heterocycles. The molecular formula is C65H102N4O15S. The minimum absolute atomic E-state index is 0.00774. The van der Waals surface area contributed by atoms with Crippen molar-refractivity contribution in [3.63, 3.8) is 0 Å². The summed E-state index contributed by atoms with van der Waals surface area (Å²) in [6.07, 6.45) is 4.96. The number of thioether (sulfide) groups is 1. The second kappa shape index (κ2) is 27.7. The first-order valence-corrected chi connectivity index (χ1v) is 32.9. The maximum Gasteiger partial charge on any atom is 0.353 e. The van der Waals surface area contributed by atoms with Crippen molar-refractivity contribution in [1.82, 2.24) is 20.0 Å². The lowest BCUT2D eigenvalue weighted by Crippen LogP contribution is -2.63. The summed E-state index contributed by atoms with van der Waals surface area (Å²) in [5, 5.41) is 72.0. The molecule has 0 spiro atoms. The molecule has 6 fully saturated rings. The SMILES string of the molecule is CO[C@@H]1C[C@H](/C=C(\C)[C@H]2OC(=O)[C@@H]3CCCCN3C(=O)C(=O)[C@]3(O)O[C@H]([C@@H](C)C[C@@H](C)C/C(C)=C/[C@@H](CCC(C)(C)N4C[C@@H](SC5=C(C(=O)O)N6C(=O)[C@H]([C@@H](C)O)[C@H]6[C@H]5C)C[C@H]4[C@H](O)[C@@H]4CCNC4)C(=O)C[C@H](O)[C@H]2C)[C@@H](C)C[C@H]3C)CC[C@H]1O. The molecule has 2 amide bonds. The standard InChI is InChI=1S/C65H102N4O15S/c1-33-23-34(2)25-43(18-20-64(10,11)68-32-45(29-47(68)55(74)44-19-21-66-31-44)85-58-40(8)53-52(41(9)70)60(76)69(53)54(58)62(78)79)50(73)30-49(72)39(7)57(37(5)27-42-16-17-48(71)51(28-42)82-12)83-63(80)46-15-13-14-22-67(46)61(77)59(75)65(81)38(6)26-36(4)56(84-65)35(3)24-33/h25,27,33,35-36,38-49,51-53,55-57,66,70-72,74,81H,13-24,26,28-32H2,1-12H3,(H,78,79)/b34-25+,37-27+/t33-,35-,36-,38+,39+,40+,41+,42-,43+,44+,45-,46-,47-,48+,49-,51+,52+,53+,55+,56+,57+,65+/m0/s1. The Balaban J connectivity index is 1.11. The van der Waals surface area contributed by atoms with Crippen LogP contribution >= 0.6 is 11.8 Å². The maximum absolute atomic E-state index is 15.2. The van der Waals surface area contributed by atoms with Gasteiger partial charge in [0.1, 0.15) is 23.6 Å². The molecule has 0 aromatic rings. The van der Waals surface area contributed by atoms with Gasteiger partial charge in [0.2, 0.25) is 11.7 Å². The van der Waals surface area contributed by atoms with Gasteiger partial charge in [-0.3, -0.25) is 24.1 Å². The third kappa shape index (κ3) is 14.2. The van der Waals surface area contributed by atoms with E-state index in [9.17, 15) is 54.6 Å². The van der Waals surface area contributed by atoms with Crippen LogP contribution in [0.2, 0.25) is 0 Å². The van der Waals surface area contributed by atoms with E-state index in [0.717, 1.165) is 18.5 Å². The van der Waals surface area contributed by atoms with Gasteiger partial charge in [0, 0.05) is 84.5 Å². The summed E-state index contributed by atoms with van der Waals surface area (Å²) < 4.78 is 18.6. The smallest absolute Gasteiger partial charge is 0.353 e. The number of allylic oxidation sites excluding steroid dienone is 3. The summed E-state index contributed by atoms with van der Waals surface area (Å²) in [7, 11) is 1.56. The average molecular weight is 1210 g/mol. The van der Waals surface area contributed by atoms with Crippen molar-refractivity contribution in [3.05, 3.63) is 33.9 Å². The van der Waals surface area contributed by atoms with E-state index in [1.165, 1.54) is 21.6 Å². The van der Waals surface area contributed by atoms with Gasteiger partial charge >= 0.3 is 11.9 Å². The van der Waals surface area contributed by atoms with Crippen molar-refractivity contribution in [2.45, 2.75) is 243 Å². The molecule has 7 heterocycles. The lowest BCUT2D eigenvalue weighted by Gasteiger charge is -2.46. The van der Waals surface area contributed by atoms with E-state index in [2.05, 4.69) is 31.0 Å². The van der Waals surface area contributed by atoms with E-state index < -0.39 is 113 Å². The zero-order valence-corrected chi connectivity index (χ0v) is 53.4. The number of carbonyl (C=O) groups is 6. The number of aliphatic carboxylic acids is 1. The Labute approximate surface area is 508 Å². The molecule has 5 saturated heterocycles. The molecule has 1 aliphatic carbocycles. The number of hydrogen-bond donors (Lipinski definition) is 7. The van der Waals surface area contributed by atoms with Crippen molar-refractivity contribution in [2.75, 3.05) is 33.3 Å². The van der Waals surface area contributed by atoms with E-state index in [0.29, 0.717) is 94.2 Å². The Bertz CT molecular complexity index is 2550. The normalized spacial score (nSPS) is 41.3. The van der Waals surface area contributed by atoms with Crippen LogP contribution in [0.1, 0.15) is 166 Å². The molecule has 1 saturated carbocycles. The van der Waals surface area contributed by atoms with E-state index in [4.69, 9.17) is 14.2 Å². The van der Waals surface area contributed by atoms with Crippen LogP contribution in [0.4, 0.5) is 0 Å². The van der Waals surface area contributed by atoms with E-state index in [-0.39, 0.29) is 83.6 Å². The molecule has 19 nitrogen and oxygen atoms in total. The maximum atomic E-state index is 15.2. The van der Waals surface area contributed by atoms with Crippen LogP contribution in [0.5, 0.6) is 0 Å². The van der Waals surface area contributed by atoms with Crippen molar-refractivity contribution >= 4 is 47.1 Å². The van der Waals surface area contributed by atoms with Crippen LogP contribution in [0.15, 0.2) is 33.9 Å². The highest BCUT2D eigenvalue weighted by atomic mass is 32.2. The van der Waals surface area contributed by atoms with E-state index in [1.54, 1.807) is 27.9 Å². The first-order chi connectivity index (χ1) is 40.0. The van der Waals surface area contributed by atoms with Gasteiger partial charge in [0.05, 0.1) is 48.6 Å². The van der Waals surface area contributed by atoms with Gasteiger partial charge in [0.15, 0.2) is 0 Å². The van der Waals surface area contributed by atoms with Gasteiger partial charge in [-0.05, 0) is 154 Å². The zero-order chi connectivity index (χ0) is 62.3. The molecule has 2 bridgehead atoms. The monoisotopic (exact) mass is 1210 g/mol. The highest BCUT2D eigenvalue weighted by molar-refractivity contribution is 8.03. The first-order valence-electron chi connectivity index (χ1n) is 32.0. The van der Waals surface area contributed by atoms with Crippen LogP contribution < -0.4 is 5.32 Å². The molecule has 20 heteroatoms. The number of amides is 2. The van der Waals surface area contributed by atoms with Gasteiger partial charge < -0.3 is 60.0 Å². The number of carbonyl (C=O) groups excluding carboxylic acids is 5. The van der Waals surface area contributed by atoms with Crippen LogP contribution in [0.3, 0.4) is 0 Å². The van der Waals surface area contributed by atoms with Crippen molar-refractivity contribution in [1.29, 1.82) is 0 Å². The molecule has 8 rings (SSSR count). The van der Waals surface area contributed by atoms with Gasteiger partial charge in [-0.25, -0.2) is 9.59 Å². The van der Waals surface area contributed by atoms with Gasteiger partial charge in [0.25, 0.3) is 11.7 Å². The number of nitrogens with zero attached hydrogens (tertiary/aromatic N) is 3. The Hall–Kier alpha value is -3.57. The molecule has 0 radical (unpaired) electrons. The summed E-state index contributed by atoms with van der Waals surface area (Å²) in [5.74, 6) is -10.5. The first kappa shape index (κ1) is 67.4. The largest absolute Gasteiger partial charge is 0.477 e. The number of β-lactam (4-membered cyclic amide) rings is 1. The predicted molar refractivity (Wildman–Crippen MR) is 321 cm³/mol. The van der Waals surface area contributed by atoms with Gasteiger partial charge in [-0.1, -0.05) is 59.3 Å². The number of carboxylic acid groups (broad SMARTS) is 1. The second-order valence-corrected chi connectivity index (χ2v) is 29.6. The van der Waals surface area contributed by atoms with Gasteiger partial charge in [-0.2, -0.15) is 0 Å². The van der Waals surface area contributed by atoms with Crippen LogP contribution in [0.25, 0.3) is 0 Å². The fourth-order valence-electron chi connectivity index (χ4n) is 16.4. The summed E-state index contributed by atoms with van der Waals surface area (Å²) >= 11 is 1.46. The van der Waals surface area contributed by atoms with Crippen LogP contribution in [-0.2, 0) is 43.0 Å². The Morgan fingerprint density at radius 1 is 0.953 bits per heavy atom. The number of esters is 1. The fraction of sp³-hybridized carbons (Fsp3) is 0.815. The van der Waals surface area contributed by atoms with Crippen molar-refractivity contribution in [2.24, 2.45) is 59.2 Å². The quantitative estimate of drug-likeness (QED) is 0.0471. The summed E-state index contributed by atoms with van der Waals surface area (Å²) in [5.41, 5.74) is 0.943. The number of Topliss-reactive ketones (excluding diaryl/α,β-unsaturated/α-hetero) is 2. The van der Waals surface area contributed by atoms with Crippen molar-refractivity contribution < 1.29 is 73.6 Å². The fourth-order valence-corrected chi connectivity index (χ4v) is 17.9. The van der Waals surface area contributed by atoms with E-state index in [1.807, 2.05) is 46.8 Å². The number of fused-ring (bicyclic) bond motifs is 4. The molecule has 0 aromatic heterocycles. The molecule has 85 heavy (non-hydrogen) atoms. The Morgan fingerprint density at radius 3 is 2.32 bits per heavy atom. The number of ketones is 2. The second-order valence-electron chi connectivity index (χ2n) is 28.2.